The third kappa shape index (κ3) is 5.01. The second kappa shape index (κ2) is 9.31. The van der Waals surface area contributed by atoms with Crippen molar-refractivity contribution in [3.05, 3.63) is 48.5 Å². The molecule has 0 spiro atoms. The number of rotatable bonds is 7. The van der Waals surface area contributed by atoms with Crippen LogP contribution in [-0.4, -0.2) is 47.8 Å². The Bertz CT molecular complexity index is 1280. The number of ether oxygens (including phenoxy) is 1. The first-order chi connectivity index (χ1) is 16.5. The first kappa shape index (κ1) is 24.7. The fourth-order valence-corrected chi connectivity index (χ4v) is 4.67. The lowest BCUT2D eigenvalue weighted by atomic mass is 10.1. The number of carbonyl (C=O) groups is 1. The van der Waals surface area contributed by atoms with Crippen LogP contribution < -0.4 is 9.80 Å². The Hall–Kier alpha value is -3.43. The minimum Gasteiger partial charge on any atom is -0.361 e. The van der Waals surface area contributed by atoms with Gasteiger partial charge in [-0.3, -0.25) is 19.4 Å². The molecule has 0 bridgehead atoms. The van der Waals surface area contributed by atoms with Crippen molar-refractivity contribution in [1.82, 2.24) is 14.5 Å². The van der Waals surface area contributed by atoms with Crippen LogP contribution in [0.5, 0.6) is 0 Å². The number of pyridine rings is 1. The van der Waals surface area contributed by atoms with E-state index in [1.165, 1.54) is 4.90 Å². The average Bonchev–Trinajstić information content (AvgIpc) is 3.36. The fraction of sp³-hybridized carbons (Fsp3) is 0.391. The van der Waals surface area contributed by atoms with E-state index >= 15 is 0 Å². The third-order valence-corrected chi connectivity index (χ3v) is 7.46. The van der Waals surface area contributed by atoms with Crippen LogP contribution in [-0.2, 0) is 17.6 Å². The highest BCUT2D eigenvalue weighted by Gasteiger charge is 2.44. The number of amides is 2. The van der Waals surface area contributed by atoms with Gasteiger partial charge in [0.1, 0.15) is 18.5 Å². The number of fused-ring (bicyclic) bond motifs is 1. The van der Waals surface area contributed by atoms with Crippen molar-refractivity contribution in [2.24, 2.45) is 0 Å². The second-order valence-corrected chi connectivity index (χ2v) is 15.1. The monoisotopic (exact) mass is 502 g/mol. The molecule has 8 nitrogen and oxygen atoms in total. The highest BCUT2D eigenvalue weighted by atomic mass is 28.3. The molecular formula is C23H25F3N6O2Si. The Morgan fingerprint density at radius 1 is 1.23 bits per heavy atom. The molecule has 1 aliphatic rings. The molecule has 35 heavy (non-hydrogen) atoms. The first-order valence-electron chi connectivity index (χ1n) is 11.0. The Labute approximate surface area is 201 Å². The van der Waals surface area contributed by atoms with E-state index in [0.717, 1.165) is 20.9 Å². The van der Waals surface area contributed by atoms with Crippen molar-refractivity contribution in [2.75, 3.05) is 23.0 Å². The maximum Gasteiger partial charge on any atom is 0.433 e. The standard InChI is InChI=1S/C23H25F3N6O2Si/c1-35(2,3)10-9-34-15-31-20(23(24,25)26)13-29-21(31)30-14-17(11-27)32(22(30)33)19-6-4-5-16-12-28-8-7-18(16)19/h4-8,12-13,17H,9-10,14-15H2,1-3H3. The maximum atomic E-state index is 13.7. The molecule has 12 heteroatoms. The molecule has 3 aromatic rings. The summed E-state index contributed by atoms with van der Waals surface area (Å²) in [6.07, 6.45) is -0.782. The van der Waals surface area contributed by atoms with Crippen LogP contribution in [0.2, 0.25) is 25.7 Å². The van der Waals surface area contributed by atoms with Gasteiger partial charge >= 0.3 is 12.2 Å². The molecule has 3 heterocycles. The summed E-state index contributed by atoms with van der Waals surface area (Å²) in [6, 6.07) is 8.30. The van der Waals surface area contributed by atoms with Crippen molar-refractivity contribution in [2.45, 2.75) is 44.6 Å². The summed E-state index contributed by atoms with van der Waals surface area (Å²) < 4.78 is 47.6. The summed E-state index contributed by atoms with van der Waals surface area (Å²) in [5.41, 5.74) is -0.541. The maximum absolute atomic E-state index is 13.7. The normalized spacial score (nSPS) is 16.8. The number of nitrogens with zero attached hydrogens (tertiary/aromatic N) is 6. The van der Waals surface area contributed by atoms with Crippen LogP contribution in [0.25, 0.3) is 10.8 Å². The number of anilines is 2. The molecule has 1 unspecified atom stereocenters. The van der Waals surface area contributed by atoms with Gasteiger partial charge in [-0.25, -0.2) is 9.78 Å². The van der Waals surface area contributed by atoms with Crippen molar-refractivity contribution in [1.29, 1.82) is 5.26 Å². The number of benzene rings is 1. The molecule has 0 N–H and O–H groups in total. The minimum absolute atomic E-state index is 0.139. The lowest BCUT2D eigenvalue weighted by Gasteiger charge is -2.22. The van der Waals surface area contributed by atoms with Gasteiger partial charge in [-0.05, 0) is 18.2 Å². The van der Waals surface area contributed by atoms with Crippen LogP contribution in [0.15, 0.2) is 42.9 Å². The lowest BCUT2D eigenvalue weighted by molar-refractivity contribution is -0.145. The van der Waals surface area contributed by atoms with Crippen LogP contribution >= 0.6 is 0 Å². The highest BCUT2D eigenvalue weighted by molar-refractivity contribution is 6.76. The van der Waals surface area contributed by atoms with Crippen LogP contribution in [0.3, 0.4) is 0 Å². The number of aromatic nitrogens is 3. The van der Waals surface area contributed by atoms with Crippen LogP contribution in [0.4, 0.5) is 29.6 Å². The second-order valence-electron chi connectivity index (χ2n) is 9.50. The van der Waals surface area contributed by atoms with Crippen molar-refractivity contribution in [3.63, 3.8) is 0 Å². The van der Waals surface area contributed by atoms with Gasteiger partial charge in [0.25, 0.3) is 0 Å². The molecule has 2 amide bonds. The van der Waals surface area contributed by atoms with Gasteiger partial charge in [-0.2, -0.15) is 18.4 Å². The average molecular weight is 503 g/mol. The minimum atomic E-state index is -4.69. The predicted octanol–water partition coefficient (Wildman–Crippen LogP) is 5.10. The molecule has 0 aliphatic carbocycles. The SMILES string of the molecule is C[Si](C)(C)CCOCn1c(C(F)(F)F)cnc1N1CC(C#N)N(c2cccc3cnccc23)C1=O. The molecular weight excluding hydrogens is 477 g/mol. The van der Waals surface area contributed by atoms with Crippen molar-refractivity contribution < 1.29 is 22.7 Å². The molecule has 2 aromatic heterocycles. The van der Waals surface area contributed by atoms with E-state index in [1.54, 1.807) is 30.6 Å². The summed E-state index contributed by atoms with van der Waals surface area (Å²) in [4.78, 5) is 23.9. The molecule has 184 valence electrons. The smallest absolute Gasteiger partial charge is 0.361 e. The van der Waals surface area contributed by atoms with E-state index < -0.39 is 38.7 Å². The van der Waals surface area contributed by atoms with E-state index in [9.17, 15) is 23.2 Å². The van der Waals surface area contributed by atoms with E-state index in [-0.39, 0.29) is 12.5 Å². The van der Waals surface area contributed by atoms with Gasteiger partial charge in [0.05, 0.1) is 24.5 Å². The predicted molar refractivity (Wildman–Crippen MR) is 128 cm³/mol. The Morgan fingerprint density at radius 2 is 2.00 bits per heavy atom. The van der Waals surface area contributed by atoms with E-state index in [4.69, 9.17) is 4.74 Å². The van der Waals surface area contributed by atoms with Crippen LogP contribution in [0.1, 0.15) is 5.69 Å². The summed E-state index contributed by atoms with van der Waals surface area (Å²) in [5.74, 6) is -0.208. The number of hydrogen-bond acceptors (Lipinski definition) is 5. The number of nitriles is 1. The Kier molecular flexibility index (Phi) is 6.57. The quantitative estimate of drug-likeness (QED) is 0.331. The molecule has 1 aromatic carbocycles. The summed E-state index contributed by atoms with van der Waals surface area (Å²) >= 11 is 0. The molecule has 1 saturated heterocycles. The van der Waals surface area contributed by atoms with E-state index in [1.807, 2.05) is 6.07 Å². The summed E-state index contributed by atoms with van der Waals surface area (Å²) in [6.45, 7) is 6.18. The summed E-state index contributed by atoms with van der Waals surface area (Å²) in [7, 11) is -1.45. The zero-order chi connectivity index (χ0) is 25.4. The van der Waals surface area contributed by atoms with Gasteiger partial charge in [0.15, 0.2) is 0 Å². The van der Waals surface area contributed by atoms with Crippen molar-refractivity contribution >= 4 is 36.5 Å². The molecule has 1 atom stereocenters. The van der Waals surface area contributed by atoms with Gasteiger partial charge in [-0.15, -0.1) is 0 Å². The lowest BCUT2D eigenvalue weighted by Crippen LogP contribution is -2.35. The number of alkyl halides is 3. The van der Waals surface area contributed by atoms with Gasteiger partial charge < -0.3 is 4.74 Å². The van der Waals surface area contributed by atoms with Gasteiger partial charge in [0.2, 0.25) is 5.95 Å². The molecule has 0 radical (unpaired) electrons. The van der Waals surface area contributed by atoms with Crippen LogP contribution in [0, 0.1) is 11.3 Å². The number of carbonyl (C=O) groups excluding carboxylic acids is 1. The Balaban J connectivity index is 1.69. The van der Waals surface area contributed by atoms with Gasteiger partial charge in [-0.1, -0.05) is 31.8 Å². The molecule has 0 saturated carbocycles. The molecule has 1 fully saturated rings. The Morgan fingerprint density at radius 3 is 2.69 bits per heavy atom. The third-order valence-electron chi connectivity index (χ3n) is 5.75. The first-order valence-corrected chi connectivity index (χ1v) is 14.8. The molecule has 4 rings (SSSR count). The largest absolute Gasteiger partial charge is 0.433 e. The van der Waals surface area contributed by atoms with E-state index in [2.05, 4.69) is 35.7 Å². The van der Waals surface area contributed by atoms with Gasteiger partial charge in [0, 0.05) is 37.8 Å². The fourth-order valence-electron chi connectivity index (χ4n) is 3.92. The van der Waals surface area contributed by atoms with E-state index in [0.29, 0.717) is 23.9 Å². The number of hydrogen-bond donors (Lipinski definition) is 0. The van der Waals surface area contributed by atoms with Crippen molar-refractivity contribution in [3.8, 4) is 6.07 Å². The number of imidazole rings is 1. The zero-order valence-corrected chi connectivity index (χ0v) is 20.6. The highest BCUT2D eigenvalue weighted by Crippen LogP contribution is 2.36. The number of urea groups is 1. The molecule has 1 aliphatic heterocycles. The summed E-state index contributed by atoms with van der Waals surface area (Å²) in [5, 5.41) is 11.3. The zero-order valence-electron chi connectivity index (χ0n) is 19.6. The number of halogens is 3. The topological polar surface area (TPSA) is 87.3 Å².